The van der Waals surface area contributed by atoms with Crippen molar-refractivity contribution in [2.45, 2.75) is 27.2 Å². The third kappa shape index (κ3) is 2.93. The molecule has 0 saturated carbocycles. The van der Waals surface area contributed by atoms with E-state index in [2.05, 4.69) is 0 Å². The van der Waals surface area contributed by atoms with E-state index in [0.29, 0.717) is 0 Å². The van der Waals surface area contributed by atoms with Gasteiger partial charge in [0.2, 0.25) is 0 Å². The standard InChI is InChI=1S/C12H16O5/c1-7(13)17-9-5-8(14)6-12(2,3)10(9)11(15)16-4/h5,10H,6H2,1-4H3. The van der Waals surface area contributed by atoms with Crippen LogP contribution in [0.1, 0.15) is 27.2 Å². The summed E-state index contributed by atoms with van der Waals surface area (Å²) in [5, 5.41) is 0. The molecule has 0 heterocycles. The van der Waals surface area contributed by atoms with Crippen molar-refractivity contribution in [2.75, 3.05) is 7.11 Å². The van der Waals surface area contributed by atoms with Crippen LogP contribution in [0.4, 0.5) is 0 Å². The second-order valence-electron chi connectivity index (χ2n) is 4.73. The summed E-state index contributed by atoms with van der Waals surface area (Å²) in [6.45, 7) is 4.76. The maximum Gasteiger partial charge on any atom is 0.316 e. The van der Waals surface area contributed by atoms with Crippen LogP contribution in [0.25, 0.3) is 0 Å². The molecule has 0 aromatic rings. The summed E-state index contributed by atoms with van der Waals surface area (Å²) in [4.78, 5) is 34.2. The first-order chi connectivity index (χ1) is 7.77. The fourth-order valence-electron chi connectivity index (χ4n) is 2.04. The van der Waals surface area contributed by atoms with E-state index < -0.39 is 23.3 Å². The van der Waals surface area contributed by atoms with Crippen molar-refractivity contribution >= 4 is 17.7 Å². The molecule has 0 bridgehead atoms. The van der Waals surface area contributed by atoms with E-state index in [1.807, 2.05) is 0 Å². The third-order valence-corrected chi connectivity index (χ3v) is 2.70. The zero-order chi connectivity index (χ0) is 13.2. The molecule has 0 aliphatic heterocycles. The van der Waals surface area contributed by atoms with Gasteiger partial charge in [-0.15, -0.1) is 0 Å². The molecule has 5 heteroatoms. The predicted molar refractivity (Wildman–Crippen MR) is 58.8 cm³/mol. The third-order valence-electron chi connectivity index (χ3n) is 2.70. The van der Waals surface area contributed by atoms with Gasteiger partial charge in [0.05, 0.1) is 7.11 Å². The van der Waals surface area contributed by atoms with Gasteiger partial charge in [0.25, 0.3) is 0 Å². The monoisotopic (exact) mass is 240 g/mol. The van der Waals surface area contributed by atoms with Crippen LogP contribution in [0.5, 0.6) is 0 Å². The summed E-state index contributed by atoms with van der Waals surface area (Å²) in [5.41, 5.74) is -0.621. The molecule has 0 N–H and O–H groups in total. The lowest BCUT2D eigenvalue weighted by molar-refractivity contribution is -0.152. The number of ether oxygens (including phenoxy) is 2. The Morgan fingerprint density at radius 3 is 2.47 bits per heavy atom. The van der Waals surface area contributed by atoms with Gasteiger partial charge in [-0.05, 0) is 5.41 Å². The van der Waals surface area contributed by atoms with Gasteiger partial charge in [0.15, 0.2) is 5.78 Å². The van der Waals surface area contributed by atoms with E-state index in [9.17, 15) is 14.4 Å². The summed E-state index contributed by atoms with van der Waals surface area (Å²) in [6, 6.07) is 0. The fourth-order valence-corrected chi connectivity index (χ4v) is 2.04. The molecule has 5 nitrogen and oxygen atoms in total. The predicted octanol–water partition coefficient (Wildman–Crippen LogP) is 1.22. The topological polar surface area (TPSA) is 69.7 Å². The number of methoxy groups -OCH3 is 1. The van der Waals surface area contributed by atoms with Crippen molar-refractivity contribution in [3.05, 3.63) is 11.8 Å². The van der Waals surface area contributed by atoms with Crippen LogP contribution >= 0.6 is 0 Å². The lowest BCUT2D eigenvalue weighted by Gasteiger charge is -2.35. The van der Waals surface area contributed by atoms with Crippen LogP contribution in [0.3, 0.4) is 0 Å². The number of esters is 2. The molecule has 1 unspecified atom stereocenters. The number of carbonyl (C=O) groups is 3. The van der Waals surface area contributed by atoms with Crippen molar-refractivity contribution in [3.8, 4) is 0 Å². The van der Waals surface area contributed by atoms with E-state index in [1.165, 1.54) is 20.1 Å². The number of rotatable bonds is 2. The average Bonchev–Trinajstić information content (AvgIpc) is 2.13. The highest BCUT2D eigenvalue weighted by Crippen LogP contribution is 2.40. The Balaban J connectivity index is 3.15. The lowest BCUT2D eigenvalue weighted by Crippen LogP contribution is -2.39. The second kappa shape index (κ2) is 4.69. The van der Waals surface area contributed by atoms with Gasteiger partial charge >= 0.3 is 11.9 Å². The van der Waals surface area contributed by atoms with Crippen LogP contribution in [-0.4, -0.2) is 24.8 Å². The first kappa shape index (κ1) is 13.4. The Morgan fingerprint density at radius 1 is 1.41 bits per heavy atom. The fraction of sp³-hybridized carbons (Fsp3) is 0.583. The first-order valence-electron chi connectivity index (χ1n) is 5.28. The van der Waals surface area contributed by atoms with Crippen LogP contribution in [0.15, 0.2) is 11.8 Å². The highest BCUT2D eigenvalue weighted by molar-refractivity contribution is 5.95. The molecular formula is C12H16O5. The molecule has 17 heavy (non-hydrogen) atoms. The minimum Gasteiger partial charge on any atom is -0.468 e. The highest BCUT2D eigenvalue weighted by Gasteiger charge is 2.44. The minimum absolute atomic E-state index is 0.0746. The van der Waals surface area contributed by atoms with Crippen LogP contribution in [-0.2, 0) is 23.9 Å². The van der Waals surface area contributed by atoms with E-state index >= 15 is 0 Å². The average molecular weight is 240 g/mol. The summed E-state index contributed by atoms with van der Waals surface area (Å²) in [5.74, 6) is -1.88. The maximum atomic E-state index is 11.7. The molecule has 1 aliphatic rings. The Bertz CT molecular complexity index is 392. The molecule has 0 amide bonds. The molecule has 0 fully saturated rings. The quantitative estimate of drug-likeness (QED) is 0.679. The first-order valence-corrected chi connectivity index (χ1v) is 5.28. The molecular weight excluding hydrogens is 224 g/mol. The summed E-state index contributed by atoms with van der Waals surface area (Å²) < 4.78 is 9.62. The van der Waals surface area contributed by atoms with Crippen molar-refractivity contribution in [3.63, 3.8) is 0 Å². The van der Waals surface area contributed by atoms with Crippen LogP contribution in [0.2, 0.25) is 0 Å². The van der Waals surface area contributed by atoms with Crippen molar-refractivity contribution in [2.24, 2.45) is 11.3 Å². The molecule has 0 aromatic heterocycles. The molecule has 1 aliphatic carbocycles. The van der Waals surface area contributed by atoms with Crippen molar-refractivity contribution < 1.29 is 23.9 Å². The Kier molecular flexibility index (Phi) is 3.70. The Labute approximate surface area is 99.8 Å². The maximum absolute atomic E-state index is 11.7. The zero-order valence-electron chi connectivity index (χ0n) is 10.4. The highest BCUT2D eigenvalue weighted by atomic mass is 16.5. The summed E-state index contributed by atoms with van der Waals surface area (Å²) in [7, 11) is 1.26. The lowest BCUT2D eigenvalue weighted by atomic mass is 9.70. The van der Waals surface area contributed by atoms with E-state index in [1.54, 1.807) is 13.8 Å². The largest absolute Gasteiger partial charge is 0.468 e. The van der Waals surface area contributed by atoms with Gasteiger partial charge in [-0.2, -0.15) is 0 Å². The van der Waals surface area contributed by atoms with Crippen LogP contribution < -0.4 is 0 Å². The number of carbonyl (C=O) groups excluding carboxylic acids is 3. The van der Waals surface area contributed by atoms with E-state index in [0.717, 1.165) is 0 Å². The van der Waals surface area contributed by atoms with Gasteiger partial charge in [0.1, 0.15) is 11.7 Å². The zero-order valence-corrected chi connectivity index (χ0v) is 10.4. The van der Waals surface area contributed by atoms with E-state index in [-0.39, 0.29) is 18.0 Å². The van der Waals surface area contributed by atoms with Gasteiger partial charge < -0.3 is 9.47 Å². The molecule has 0 saturated heterocycles. The number of hydrogen-bond acceptors (Lipinski definition) is 5. The Morgan fingerprint density at radius 2 is 2.00 bits per heavy atom. The molecule has 0 aromatic carbocycles. The molecule has 1 rings (SSSR count). The number of ketones is 1. The summed E-state index contributed by atoms with van der Waals surface area (Å²) >= 11 is 0. The smallest absolute Gasteiger partial charge is 0.316 e. The molecule has 0 radical (unpaired) electrons. The summed E-state index contributed by atoms with van der Waals surface area (Å²) in [6.07, 6.45) is 1.42. The number of allylic oxidation sites excluding steroid dienone is 1. The van der Waals surface area contributed by atoms with Gasteiger partial charge in [-0.25, -0.2) is 0 Å². The van der Waals surface area contributed by atoms with Crippen molar-refractivity contribution in [1.29, 1.82) is 0 Å². The SMILES string of the molecule is COC(=O)C1C(OC(C)=O)=CC(=O)CC1(C)C. The minimum atomic E-state index is -0.728. The second-order valence-corrected chi connectivity index (χ2v) is 4.73. The van der Waals surface area contributed by atoms with Gasteiger partial charge in [0, 0.05) is 19.4 Å². The molecule has 0 spiro atoms. The Hall–Kier alpha value is -1.65. The molecule has 94 valence electrons. The van der Waals surface area contributed by atoms with Crippen molar-refractivity contribution in [1.82, 2.24) is 0 Å². The van der Waals surface area contributed by atoms with Crippen LogP contribution in [0, 0.1) is 11.3 Å². The van der Waals surface area contributed by atoms with Gasteiger partial charge in [-0.1, -0.05) is 13.8 Å². The van der Waals surface area contributed by atoms with Gasteiger partial charge in [-0.3, -0.25) is 14.4 Å². The van der Waals surface area contributed by atoms with E-state index in [4.69, 9.17) is 9.47 Å². The number of hydrogen-bond donors (Lipinski definition) is 0. The normalized spacial score (nSPS) is 22.7. The molecule has 1 atom stereocenters.